The highest BCUT2D eigenvalue weighted by Crippen LogP contribution is 2.32. The van der Waals surface area contributed by atoms with Crippen LogP contribution in [0.3, 0.4) is 0 Å². The lowest BCUT2D eigenvalue weighted by atomic mass is 10.0. The Labute approximate surface area is 105 Å². The van der Waals surface area contributed by atoms with E-state index >= 15 is 0 Å². The first-order valence-corrected chi connectivity index (χ1v) is 6.04. The predicted octanol–water partition coefficient (Wildman–Crippen LogP) is 1.64. The van der Waals surface area contributed by atoms with Gasteiger partial charge in [0.1, 0.15) is 5.75 Å². The van der Waals surface area contributed by atoms with Gasteiger partial charge in [-0.3, -0.25) is 0 Å². The number of para-hydroxylation sites is 1. The van der Waals surface area contributed by atoms with Crippen LogP contribution in [0.2, 0.25) is 0 Å². The zero-order chi connectivity index (χ0) is 12.4. The zero-order valence-corrected chi connectivity index (χ0v) is 10.2. The van der Waals surface area contributed by atoms with Crippen LogP contribution in [0.5, 0.6) is 5.75 Å². The van der Waals surface area contributed by atoms with Crippen molar-refractivity contribution in [2.75, 3.05) is 13.2 Å². The number of benzene rings is 1. The fourth-order valence-corrected chi connectivity index (χ4v) is 2.16. The van der Waals surface area contributed by atoms with Crippen LogP contribution in [0.4, 0.5) is 0 Å². The van der Waals surface area contributed by atoms with Crippen LogP contribution in [-0.4, -0.2) is 23.3 Å². The van der Waals surface area contributed by atoms with Crippen LogP contribution >= 0.6 is 0 Å². The lowest BCUT2D eigenvalue weighted by molar-refractivity contribution is 0.320. The molecular weight excluding hydrogens is 230 g/mol. The van der Waals surface area contributed by atoms with Gasteiger partial charge in [-0.1, -0.05) is 23.4 Å². The molecule has 0 fully saturated rings. The van der Waals surface area contributed by atoms with Gasteiger partial charge in [-0.25, -0.2) is 0 Å². The van der Waals surface area contributed by atoms with Gasteiger partial charge in [0, 0.05) is 18.0 Å². The summed E-state index contributed by atoms with van der Waals surface area (Å²) in [6.07, 6.45) is 0. The average molecular weight is 245 g/mol. The van der Waals surface area contributed by atoms with E-state index in [1.54, 1.807) is 0 Å². The van der Waals surface area contributed by atoms with Gasteiger partial charge in [0.05, 0.1) is 13.2 Å². The Morgan fingerprint density at radius 2 is 2.28 bits per heavy atom. The zero-order valence-electron chi connectivity index (χ0n) is 10.2. The molecule has 2 heterocycles. The molecule has 0 saturated carbocycles. The predicted molar refractivity (Wildman–Crippen MR) is 65.4 cm³/mol. The number of nitrogens with zero attached hydrogens (tertiary/aromatic N) is 2. The van der Waals surface area contributed by atoms with Gasteiger partial charge in [0.2, 0.25) is 5.89 Å². The molecule has 18 heavy (non-hydrogen) atoms. The second-order valence-corrected chi connectivity index (χ2v) is 4.41. The van der Waals surface area contributed by atoms with Crippen molar-refractivity contribution in [3.8, 4) is 5.75 Å². The van der Waals surface area contributed by atoms with Gasteiger partial charge >= 0.3 is 0 Å². The Bertz CT molecular complexity index is 539. The maximum Gasteiger partial charge on any atom is 0.240 e. The van der Waals surface area contributed by atoms with Crippen LogP contribution in [0.1, 0.15) is 23.2 Å². The van der Waals surface area contributed by atoms with Crippen LogP contribution in [0.25, 0.3) is 0 Å². The molecule has 5 heteroatoms. The number of fused-ring (bicyclic) bond motifs is 1. The van der Waals surface area contributed by atoms with Crippen LogP contribution in [-0.2, 0) is 6.54 Å². The molecule has 2 aromatic rings. The molecule has 1 N–H and O–H groups in total. The van der Waals surface area contributed by atoms with Gasteiger partial charge < -0.3 is 14.6 Å². The SMILES string of the molecule is Cc1noc(CNCC2COc3ccccc32)n1. The van der Waals surface area contributed by atoms with Crippen molar-refractivity contribution < 1.29 is 9.26 Å². The summed E-state index contributed by atoms with van der Waals surface area (Å²) >= 11 is 0. The molecule has 1 aliphatic heterocycles. The van der Waals surface area contributed by atoms with E-state index in [1.807, 2.05) is 25.1 Å². The van der Waals surface area contributed by atoms with Crippen molar-refractivity contribution in [1.82, 2.24) is 15.5 Å². The van der Waals surface area contributed by atoms with Gasteiger partial charge in [-0.05, 0) is 13.0 Å². The molecule has 1 aliphatic rings. The summed E-state index contributed by atoms with van der Waals surface area (Å²) in [5.74, 6) is 2.68. The van der Waals surface area contributed by atoms with Crippen molar-refractivity contribution in [2.45, 2.75) is 19.4 Å². The summed E-state index contributed by atoms with van der Waals surface area (Å²) in [5, 5.41) is 7.07. The highest BCUT2D eigenvalue weighted by Gasteiger charge is 2.23. The van der Waals surface area contributed by atoms with Gasteiger partial charge in [-0.2, -0.15) is 4.98 Å². The third-order valence-corrected chi connectivity index (χ3v) is 3.04. The molecule has 0 amide bonds. The van der Waals surface area contributed by atoms with E-state index in [-0.39, 0.29) is 0 Å². The minimum atomic E-state index is 0.394. The van der Waals surface area contributed by atoms with Gasteiger partial charge in [-0.15, -0.1) is 0 Å². The second-order valence-electron chi connectivity index (χ2n) is 4.41. The van der Waals surface area contributed by atoms with Crippen LogP contribution in [0, 0.1) is 6.92 Å². The summed E-state index contributed by atoms with van der Waals surface area (Å²) in [4.78, 5) is 4.15. The Morgan fingerprint density at radius 1 is 1.39 bits per heavy atom. The molecule has 1 unspecified atom stereocenters. The molecule has 1 aromatic heterocycles. The number of rotatable bonds is 4. The van der Waals surface area contributed by atoms with Gasteiger partial charge in [0.15, 0.2) is 5.82 Å². The molecule has 1 atom stereocenters. The lowest BCUT2D eigenvalue weighted by Gasteiger charge is -2.08. The summed E-state index contributed by atoms with van der Waals surface area (Å²) in [6.45, 7) is 3.99. The van der Waals surface area contributed by atoms with E-state index in [0.717, 1.165) is 18.9 Å². The normalized spacial score (nSPS) is 17.5. The Balaban J connectivity index is 1.56. The van der Waals surface area contributed by atoms with Crippen molar-refractivity contribution in [3.63, 3.8) is 0 Å². The highest BCUT2D eigenvalue weighted by molar-refractivity contribution is 5.39. The maximum absolute atomic E-state index is 5.63. The first-order valence-electron chi connectivity index (χ1n) is 6.04. The van der Waals surface area contributed by atoms with E-state index in [9.17, 15) is 0 Å². The first-order chi connectivity index (χ1) is 8.83. The molecule has 94 valence electrons. The molecule has 5 nitrogen and oxygen atoms in total. The van der Waals surface area contributed by atoms with Gasteiger partial charge in [0.25, 0.3) is 0 Å². The fourth-order valence-electron chi connectivity index (χ4n) is 2.16. The molecule has 0 spiro atoms. The number of aromatic nitrogens is 2. The summed E-state index contributed by atoms with van der Waals surface area (Å²) in [6, 6.07) is 8.17. The summed E-state index contributed by atoms with van der Waals surface area (Å²) < 4.78 is 10.7. The fraction of sp³-hybridized carbons (Fsp3) is 0.385. The van der Waals surface area contributed by atoms with Crippen molar-refractivity contribution in [1.29, 1.82) is 0 Å². The Morgan fingerprint density at radius 3 is 3.11 bits per heavy atom. The minimum Gasteiger partial charge on any atom is -0.493 e. The number of hydrogen-bond acceptors (Lipinski definition) is 5. The highest BCUT2D eigenvalue weighted by atomic mass is 16.5. The smallest absolute Gasteiger partial charge is 0.240 e. The van der Waals surface area contributed by atoms with E-state index in [4.69, 9.17) is 9.26 Å². The standard InChI is InChI=1S/C13H15N3O2/c1-9-15-13(18-16-9)7-14-6-10-8-17-12-5-3-2-4-11(10)12/h2-5,10,14H,6-8H2,1H3. The monoisotopic (exact) mass is 245 g/mol. The van der Waals surface area contributed by atoms with E-state index < -0.39 is 0 Å². The van der Waals surface area contributed by atoms with Crippen LogP contribution < -0.4 is 10.1 Å². The molecule has 0 bridgehead atoms. The van der Waals surface area contributed by atoms with Crippen molar-refractivity contribution in [2.24, 2.45) is 0 Å². The third-order valence-electron chi connectivity index (χ3n) is 3.04. The van der Waals surface area contributed by atoms with Crippen LogP contribution in [0.15, 0.2) is 28.8 Å². The average Bonchev–Trinajstić information content (AvgIpc) is 2.97. The first kappa shape index (κ1) is 11.2. The van der Waals surface area contributed by atoms with Crippen molar-refractivity contribution >= 4 is 0 Å². The van der Waals surface area contributed by atoms with E-state index in [0.29, 0.717) is 24.2 Å². The Hall–Kier alpha value is -1.88. The lowest BCUT2D eigenvalue weighted by Crippen LogP contribution is -2.22. The molecular formula is C13H15N3O2. The quantitative estimate of drug-likeness (QED) is 0.887. The third kappa shape index (κ3) is 2.22. The number of ether oxygens (including phenoxy) is 1. The largest absolute Gasteiger partial charge is 0.493 e. The number of nitrogens with one attached hydrogen (secondary N) is 1. The molecule has 1 aromatic carbocycles. The molecule has 0 saturated heterocycles. The summed E-state index contributed by atoms with van der Waals surface area (Å²) in [5.41, 5.74) is 1.27. The minimum absolute atomic E-state index is 0.394. The maximum atomic E-state index is 5.63. The van der Waals surface area contributed by atoms with E-state index in [1.165, 1.54) is 5.56 Å². The molecule has 0 aliphatic carbocycles. The second kappa shape index (κ2) is 4.78. The Kier molecular flexibility index (Phi) is 2.98. The van der Waals surface area contributed by atoms with Crippen molar-refractivity contribution in [3.05, 3.63) is 41.5 Å². The number of aryl methyl sites for hydroxylation is 1. The van der Waals surface area contributed by atoms with E-state index in [2.05, 4.69) is 21.5 Å². The summed E-state index contributed by atoms with van der Waals surface area (Å²) in [7, 11) is 0. The molecule has 3 rings (SSSR count). The molecule has 0 radical (unpaired) electrons. The topological polar surface area (TPSA) is 60.2 Å². The number of hydrogen-bond donors (Lipinski definition) is 1.